The fraction of sp³-hybridized carbons (Fsp3) is 0.400. The summed E-state index contributed by atoms with van der Waals surface area (Å²) < 4.78 is 5.26. The molecule has 1 N–H and O–H groups in total. The van der Waals surface area contributed by atoms with Crippen molar-refractivity contribution in [3.8, 4) is 0 Å². The quantitative estimate of drug-likeness (QED) is 0.896. The standard InChI is InChI=1S/C15H17NO3/c1-2-16(12-4-5-12)9-10-3-6-13-11(7-10)8-14(19-13)15(17)18/h3,6-8,12H,2,4-5,9H2,1H3,(H,17,18). The first-order chi connectivity index (χ1) is 9.17. The van der Waals surface area contributed by atoms with Crippen LogP contribution in [0, 0.1) is 0 Å². The first-order valence-corrected chi connectivity index (χ1v) is 6.67. The summed E-state index contributed by atoms with van der Waals surface area (Å²) in [5.41, 5.74) is 1.84. The van der Waals surface area contributed by atoms with E-state index in [4.69, 9.17) is 9.52 Å². The Balaban J connectivity index is 1.85. The van der Waals surface area contributed by atoms with E-state index in [1.54, 1.807) is 6.07 Å². The summed E-state index contributed by atoms with van der Waals surface area (Å²) in [5, 5.41) is 9.78. The SMILES string of the molecule is CCN(Cc1ccc2oc(C(=O)O)cc2c1)C1CC1. The molecule has 1 saturated carbocycles. The minimum Gasteiger partial charge on any atom is -0.475 e. The highest BCUT2D eigenvalue weighted by atomic mass is 16.4. The predicted octanol–water partition coefficient (Wildman–Crippen LogP) is 3.12. The van der Waals surface area contributed by atoms with E-state index >= 15 is 0 Å². The molecule has 4 heteroatoms. The first kappa shape index (κ1) is 12.2. The van der Waals surface area contributed by atoms with Crippen LogP contribution in [0.15, 0.2) is 28.7 Å². The number of carboxylic acids is 1. The third kappa shape index (κ3) is 2.49. The summed E-state index contributed by atoms with van der Waals surface area (Å²) in [6.45, 7) is 4.15. The van der Waals surface area contributed by atoms with Gasteiger partial charge in [0.25, 0.3) is 0 Å². The van der Waals surface area contributed by atoms with Gasteiger partial charge in [0, 0.05) is 18.0 Å². The summed E-state index contributed by atoms with van der Waals surface area (Å²) in [4.78, 5) is 13.3. The van der Waals surface area contributed by atoms with Crippen LogP contribution in [-0.2, 0) is 6.54 Å². The number of nitrogens with zero attached hydrogens (tertiary/aromatic N) is 1. The van der Waals surface area contributed by atoms with Gasteiger partial charge < -0.3 is 9.52 Å². The lowest BCUT2D eigenvalue weighted by atomic mass is 10.1. The normalized spacial score (nSPS) is 15.3. The molecule has 19 heavy (non-hydrogen) atoms. The van der Waals surface area contributed by atoms with E-state index in [9.17, 15) is 4.79 Å². The molecule has 0 amide bonds. The fourth-order valence-electron chi connectivity index (χ4n) is 2.47. The molecule has 1 aliphatic rings. The Bertz CT molecular complexity index is 613. The predicted molar refractivity (Wildman–Crippen MR) is 72.3 cm³/mol. The topological polar surface area (TPSA) is 53.7 Å². The van der Waals surface area contributed by atoms with Crippen LogP contribution in [0.3, 0.4) is 0 Å². The van der Waals surface area contributed by atoms with Gasteiger partial charge in [-0.3, -0.25) is 4.90 Å². The average Bonchev–Trinajstić information content (AvgIpc) is 3.14. The summed E-state index contributed by atoms with van der Waals surface area (Å²) in [7, 11) is 0. The molecule has 0 spiro atoms. The molecule has 2 aromatic rings. The van der Waals surface area contributed by atoms with Gasteiger partial charge in [0.15, 0.2) is 0 Å². The Hall–Kier alpha value is -1.81. The minimum atomic E-state index is -1.02. The number of furan rings is 1. The van der Waals surface area contributed by atoms with Gasteiger partial charge in [-0.05, 0) is 43.1 Å². The van der Waals surface area contributed by atoms with E-state index < -0.39 is 5.97 Å². The van der Waals surface area contributed by atoms with Crippen LogP contribution >= 0.6 is 0 Å². The third-order valence-corrected chi connectivity index (χ3v) is 3.65. The van der Waals surface area contributed by atoms with Gasteiger partial charge in [-0.25, -0.2) is 4.79 Å². The molecule has 1 aliphatic carbocycles. The van der Waals surface area contributed by atoms with Gasteiger partial charge in [0.05, 0.1) is 0 Å². The molecule has 1 heterocycles. The number of benzene rings is 1. The molecule has 3 rings (SSSR count). The van der Waals surface area contributed by atoms with Crippen LogP contribution in [0.25, 0.3) is 11.0 Å². The van der Waals surface area contributed by atoms with Gasteiger partial charge in [-0.2, -0.15) is 0 Å². The molecule has 0 aliphatic heterocycles. The van der Waals surface area contributed by atoms with E-state index in [0.29, 0.717) is 5.58 Å². The number of rotatable bonds is 5. The number of fused-ring (bicyclic) bond motifs is 1. The van der Waals surface area contributed by atoms with Crippen LogP contribution < -0.4 is 0 Å². The van der Waals surface area contributed by atoms with Gasteiger partial charge in [-0.15, -0.1) is 0 Å². The second kappa shape index (κ2) is 4.70. The van der Waals surface area contributed by atoms with Crippen molar-refractivity contribution in [2.45, 2.75) is 32.4 Å². The van der Waals surface area contributed by atoms with Crippen LogP contribution in [-0.4, -0.2) is 28.6 Å². The number of aromatic carboxylic acids is 1. The van der Waals surface area contributed by atoms with Crippen LogP contribution in [0.1, 0.15) is 35.9 Å². The molecule has 0 saturated heterocycles. The largest absolute Gasteiger partial charge is 0.475 e. The number of hydrogen-bond donors (Lipinski definition) is 1. The lowest BCUT2D eigenvalue weighted by Gasteiger charge is -2.19. The van der Waals surface area contributed by atoms with Crippen molar-refractivity contribution < 1.29 is 14.3 Å². The Labute approximate surface area is 111 Å². The highest BCUT2D eigenvalue weighted by Gasteiger charge is 2.27. The van der Waals surface area contributed by atoms with Crippen molar-refractivity contribution in [1.29, 1.82) is 0 Å². The van der Waals surface area contributed by atoms with Crippen molar-refractivity contribution >= 4 is 16.9 Å². The average molecular weight is 259 g/mol. The number of carboxylic acid groups (broad SMARTS) is 1. The van der Waals surface area contributed by atoms with Crippen molar-refractivity contribution in [1.82, 2.24) is 4.90 Å². The molecule has 1 fully saturated rings. The second-order valence-corrected chi connectivity index (χ2v) is 5.08. The van der Waals surface area contributed by atoms with Crippen molar-refractivity contribution in [3.63, 3.8) is 0 Å². The zero-order valence-corrected chi connectivity index (χ0v) is 10.9. The minimum absolute atomic E-state index is 0.00157. The van der Waals surface area contributed by atoms with E-state index in [-0.39, 0.29) is 5.76 Å². The van der Waals surface area contributed by atoms with E-state index in [1.165, 1.54) is 18.4 Å². The van der Waals surface area contributed by atoms with E-state index in [0.717, 1.165) is 24.5 Å². The van der Waals surface area contributed by atoms with Gasteiger partial charge in [-0.1, -0.05) is 13.0 Å². The van der Waals surface area contributed by atoms with Crippen LogP contribution in [0.2, 0.25) is 0 Å². The Kier molecular flexibility index (Phi) is 3.03. The van der Waals surface area contributed by atoms with E-state index in [1.807, 2.05) is 18.2 Å². The zero-order chi connectivity index (χ0) is 13.4. The number of carbonyl (C=O) groups is 1. The maximum absolute atomic E-state index is 10.9. The number of hydrogen-bond acceptors (Lipinski definition) is 3. The molecule has 1 aromatic heterocycles. The summed E-state index contributed by atoms with van der Waals surface area (Å²) in [6, 6.07) is 8.23. The molecule has 0 bridgehead atoms. The summed E-state index contributed by atoms with van der Waals surface area (Å²) in [6.07, 6.45) is 2.59. The highest BCUT2D eigenvalue weighted by Crippen LogP contribution is 2.29. The van der Waals surface area contributed by atoms with Crippen molar-refractivity contribution in [3.05, 3.63) is 35.6 Å². The van der Waals surface area contributed by atoms with Crippen LogP contribution in [0.4, 0.5) is 0 Å². The monoisotopic (exact) mass is 259 g/mol. The second-order valence-electron chi connectivity index (χ2n) is 5.08. The lowest BCUT2D eigenvalue weighted by Crippen LogP contribution is -2.24. The maximum atomic E-state index is 10.9. The van der Waals surface area contributed by atoms with Gasteiger partial charge in [0.2, 0.25) is 5.76 Å². The summed E-state index contributed by atoms with van der Waals surface area (Å²) >= 11 is 0. The van der Waals surface area contributed by atoms with Crippen molar-refractivity contribution in [2.24, 2.45) is 0 Å². The molecule has 0 radical (unpaired) electrons. The lowest BCUT2D eigenvalue weighted by molar-refractivity contribution is 0.0665. The molecule has 4 nitrogen and oxygen atoms in total. The maximum Gasteiger partial charge on any atom is 0.371 e. The van der Waals surface area contributed by atoms with Crippen molar-refractivity contribution in [2.75, 3.05) is 6.54 Å². The Morgan fingerprint density at radius 2 is 2.21 bits per heavy atom. The molecule has 0 unspecified atom stereocenters. The Morgan fingerprint density at radius 1 is 1.42 bits per heavy atom. The summed E-state index contributed by atoms with van der Waals surface area (Å²) in [5.74, 6) is -1.02. The smallest absolute Gasteiger partial charge is 0.371 e. The van der Waals surface area contributed by atoms with E-state index in [2.05, 4.69) is 11.8 Å². The third-order valence-electron chi connectivity index (χ3n) is 3.65. The van der Waals surface area contributed by atoms with Gasteiger partial charge in [0.1, 0.15) is 5.58 Å². The van der Waals surface area contributed by atoms with Crippen LogP contribution in [0.5, 0.6) is 0 Å². The highest BCUT2D eigenvalue weighted by molar-refractivity contribution is 5.91. The molecule has 0 atom stereocenters. The van der Waals surface area contributed by atoms with Gasteiger partial charge >= 0.3 is 5.97 Å². The molecular weight excluding hydrogens is 242 g/mol. The molecular formula is C15H17NO3. The molecule has 100 valence electrons. The first-order valence-electron chi connectivity index (χ1n) is 6.67. The zero-order valence-electron chi connectivity index (χ0n) is 10.9. The Morgan fingerprint density at radius 3 is 2.84 bits per heavy atom. The fourth-order valence-corrected chi connectivity index (χ4v) is 2.47. The molecule has 1 aromatic carbocycles.